The van der Waals surface area contributed by atoms with E-state index in [9.17, 15) is 13.2 Å². The number of nitrogens with zero attached hydrogens (tertiary/aromatic N) is 1. The highest BCUT2D eigenvalue weighted by molar-refractivity contribution is 7.21. The zero-order valence-electron chi connectivity index (χ0n) is 19.5. The van der Waals surface area contributed by atoms with E-state index in [0.29, 0.717) is 34.9 Å². The van der Waals surface area contributed by atoms with Gasteiger partial charge in [-0.2, -0.15) is 8.78 Å². The van der Waals surface area contributed by atoms with Gasteiger partial charge in [-0.1, -0.05) is 19.8 Å². The lowest BCUT2D eigenvalue weighted by Crippen LogP contribution is -2.38. The Hall–Kier alpha value is -2.22. The molecule has 1 aromatic heterocycles. The van der Waals surface area contributed by atoms with Crippen LogP contribution in [0.2, 0.25) is 0 Å². The molecule has 0 atom stereocenters. The number of thiazole rings is 1. The Morgan fingerprint density at radius 1 is 0.857 bits per heavy atom. The first-order chi connectivity index (χ1) is 16.7. The van der Waals surface area contributed by atoms with Crippen LogP contribution >= 0.6 is 11.3 Å². The van der Waals surface area contributed by atoms with Crippen molar-refractivity contribution in [2.75, 3.05) is 0 Å². The molecular formula is C27H28F5NOS. The number of hydrogen-bond acceptors (Lipinski definition) is 3. The van der Waals surface area contributed by atoms with Gasteiger partial charge in [0.15, 0.2) is 17.5 Å². The van der Waals surface area contributed by atoms with Gasteiger partial charge in [-0.3, -0.25) is 0 Å². The highest BCUT2D eigenvalue weighted by Gasteiger charge is 2.45. The van der Waals surface area contributed by atoms with Crippen molar-refractivity contribution in [1.29, 1.82) is 0 Å². The van der Waals surface area contributed by atoms with E-state index < -0.39 is 29.5 Å². The van der Waals surface area contributed by atoms with Crippen LogP contribution in [0.4, 0.5) is 22.0 Å². The zero-order chi connectivity index (χ0) is 24.7. The fourth-order valence-corrected chi connectivity index (χ4v) is 6.68. The average Bonchev–Trinajstić information content (AvgIpc) is 3.26. The molecule has 2 aliphatic carbocycles. The van der Waals surface area contributed by atoms with Gasteiger partial charge in [0.25, 0.3) is 0 Å². The van der Waals surface area contributed by atoms with E-state index in [0.717, 1.165) is 42.2 Å². The van der Waals surface area contributed by atoms with Crippen LogP contribution in [0.3, 0.4) is 0 Å². The summed E-state index contributed by atoms with van der Waals surface area (Å²) >= 11 is 1.07. The fraction of sp³-hybridized carbons (Fsp3) is 0.519. The Morgan fingerprint density at radius 2 is 1.46 bits per heavy atom. The molecule has 188 valence electrons. The van der Waals surface area contributed by atoms with Gasteiger partial charge in [-0.25, -0.2) is 18.2 Å². The summed E-state index contributed by atoms with van der Waals surface area (Å²) in [7, 11) is 0. The maximum Gasteiger partial charge on any atom is 0.400 e. The molecule has 5 rings (SSSR count). The van der Waals surface area contributed by atoms with E-state index in [2.05, 4.69) is 11.9 Å². The van der Waals surface area contributed by atoms with Crippen LogP contribution in [0.1, 0.15) is 58.3 Å². The Bertz CT molecular complexity index is 1170. The molecule has 35 heavy (non-hydrogen) atoms. The summed E-state index contributed by atoms with van der Waals surface area (Å²) in [5.41, 5.74) is 0.563. The van der Waals surface area contributed by atoms with Gasteiger partial charge in [-0.15, -0.1) is 11.3 Å². The molecule has 0 bridgehead atoms. The first kappa shape index (κ1) is 24.5. The van der Waals surface area contributed by atoms with Gasteiger partial charge in [-0.05, 0) is 86.6 Å². The van der Waals surface area contributed by atoms with Crippen molar-refractivity contribution >= 4 is 21.6 Å². The lowest BCUT2D eigenvalue weighted by Gasteiger charge is -2.38. The summed E-state index contributed by atoms with van der Waals surface area (Å²) in [6.45, 7) is 2.29. The van der Waals surface area contributed by atoms with E-state index in [1.54, 1.807) is 0 Å². The second kappa shape index (κ2) is 9.68. The number of benzene rings is 2. The van der Waals surface area contributed by atoms with Crippen LogP contribution in [-0.2, 0) is 0 Å². The van der Waals surface area contributed by atoms with Crippen molar-refractivity contribution in [3.05, 3.63) is 47.8 Å². The molecule has 0 saturated heterocycles. The van der Waals surface area contributed by atoms with Gasteiger partial charge in [0.1, 0.15) is 10.8 Å². The standard InChI is InChI=1S/C27H28F5NOS/c1-15-2-4-16(5-3-15)17-6-8-19(9-7-17)27(31,32)34-20-10-11-23-24(14-20)35-26(33-23)18-12-21(28)25(30)22(29)13-18/h10-17,19H,2-9H2,1H3. The van der Waals surface area contributed by atoms with E-state index in [4.69, 9.17) is 4.74 Å². The number of aromatic nitrogens is 1. The summed E-state index contributed by atoms with van der Waals surface area (Å²) in [4.78, 5) is 4.30. The highest BCUT2D eigenvalue weighted by atomic mass is 32.1. The van der Waals surface area contributed by atoms with Gasteiger partial charge >= 0.3 is 6.11 Å². The maximum atomic E-state index is 15.1. The molecule has 2 saturated carbocycles. The predicted octanol–water partition coefficient (Wildman–Crippen LogP) is 8.98. The smallest absolute Gasteiger partial charge is 0.400 e. The lowest BCUT2D eigenvalue weighted by atomic mass is 9.69. The number of halogens is 5. The molecule has 8 heteroatoms. The molecule has 1 heterocycles. The van der Waals surface area contributed by atoms with Gasteiger partial charge in [0.2, 0.25) is 0 Å². The molecule has 3 aromatic rings. The molecular weight excluding hydrogens is 481 g/mol. The normalized spacial score (nSPS) is 25.7. The SMILES string of the molecule is CC1CCC(C2CCC(C(F)(F)Oc3ccc4nc(-c5cc(F)c(F)c(F)c5)sc4c3)CC2)CC1. The maximum absolute atomic E-state index is 15.1. The first-order valence-electron chi connectivity index (χ1n) is 12.3. The van der Waals surface area contributed by atoms with E-state index in [-0.39, 0.29) is 16.3 Å². The minimum atomic E-state index is -3.28. The summed E-state index contributed by atoms with van der Waals surface area (Å²) in [6.07, 6.45) is 4.21. The molecule has 0 N–H and O–H groups in total. The van der Waals surface area contributed by atoms with Crippen LogP contribution in [0, 0.1) is 41.1 Å². The van der Waals surface area contributed by atoms with Gasteiger partial charge in [0, 0.05) is 5.56 Å². The highest BCUT2D eigenvalue weighted by Crippen LogP contribution is 2.45. The number of ether oxygens (including phenoxy) is 1. The summed E-state index contributed by atoms with van der Waals surface area (Å²) < 4.78 is 76.3. The summed E-state index contributed by atoms with van der Waals surface area (Å²) in [5.74, 6) is -2.96. The molecule has 2 aliphatic rings. The van der Waals surface area contributed by atoms with Crippen LogP contribution < -0.4 is 4.74 Å². The van der Waals surface area contributed by atoms with E-state index in [1.807, 2.05) is 0 Å². The second-order valence-electron chi connectivity index (χ2n) is 10.2. The van der Waals surface area contributed by atoms with E-state index >= 15 is 8.78 Å². The van der Waals surface area contributed by atoms with Crippen molar-refractivity contribution in [3.63, 3.8) is 0 Å². The minimum Gasteiger partial charge on any atom is -0.432 e. The monoisotopic (exact) mass is 509 g/mol. The number of hydrogen-bond donors (Lipinski definition) is 0. The van der Waals surface area contributed by atoms with Crippen molar-refractivity contribution in [2.45, 2.75) is 64.4 Å². The van der Waals surface area contributed by atoms with Crippen molar-refractivity contribution in [1.82, 2.24) is 4.98 Å². The third-order valence-electron chi connectivity index (χ3n) is 7.82. The molecule has 0 unspecified atom stereocenters. The molecule has 2 nitrogen and oxygen atoms in total. The third kappa shape index (κ3) is 5.18. The van der Waals surface area contributed by atoms with Crippen molar-refractivity contribution < 1.29 is 26.7 Å². The number of alkyl halides is 2. The van der Waals surface area contributed by atoms with Crippen LogP contribution in [0.25, 0.3) is 20.8 Å². The Balaban J connectivity index is 1.26. The molecule has 0 spiro atoms. The minimum absolute atomic E-state index is 0.0255. The fourth-order valence-electron chi connectivity index (χ4n) is 5.70. The van der Waals surface area contributed by atoms with Crippen LogP contribution in [-0.4, -0.2) is 11.1 Å². The molecule has 0 amide bonds. The topological polar surface area (TPSA) is 22.1 Å². The molecule has 2 aromatic carbocycles. The summed E-state index contributed by atoms with van der Waals surface area (Å²) in [6, 6.07) is 6.17. The van der Waals surface area contributed by atoms with Crippen LogP contribution in [0.5, 0.6) is 5.75 Å². The number of fused-ring (bicyclic) bond motifs is 1. The third-order valence-corrected chi connectivity index (χ3v) is 8.89. The second-order valence-corrected chi connectivity index (χ2v) is 11.2. The van der Waals surface area contributed by atoms with Crippen molar-refractivity contribution in [3.8, 4) is 16.3 Å². The predicted molar refractivity (Wildman–Crippen MR) is 127 cm³/mol. The molecule has 2 fully saturated rings. The largest absolute Gasteiger partial charge is 0.432 e. The Morgan fingerprint density at radius 3 is 2.09 bits per heavy atom. The van der Waals surface area contributed by atoms with E-state index in [1.165, 1.54) is 43.9 Å². The quantitative estimate of drug-likeness (QED) is 0.253. The first-order valence-corrected chi connectivity index (χ1v) is 13.1. The summed E-state index contributed by atoms with van der Waals surface area (Å²) in [5, 5.41) is 0.261. The van der Waals surface area contributed by atoms with Gasteiger partial charge in [0.05, 0.1) is 16.1 Å². The molecule has 0 aliphatic heterocycles. The average molecular weight is 510 g/mol. The Kier molecular flexibility index (Phi) is 6.77. The van der Waals surface area contributed by atoms with Crippen molar-refractivity contribution in [2.24, 2.45) is 23.7 Å². The number of rotatable bonds is 5. The zero-order valence-corrected chi connectivity index (χ0v) is 20.3. The Labute approximate surface area is 205 Å². The van der Waals surface area contributed by atoms with Crippen LogP contribution in [0.15, 0.2) is 30.3 Å². The van der Waals surface area contributed by atoms with Gasteiger partial charge < -0.3 is 4.74 Å². The lowest BCUT2D eigenvalue weighted by molar-refractivity contribution is -0.224. The molecule has 0 radical (unpaired) electrons.